The van der Waals surface area contributed by atoms with E-state index in [1.165, 1.54) is 40.1 Å². The van der Waals surface area contributed by atoms with Crippen LogP contribution in [0, 0.1) is 0 Å². The molecule has 0 N–H and O–H groups in total. The predicted molar refractivity (Wildman–Crippen MR) is 76.1 cm³/mol. The van der Waals surface area contributed by atoms with Gasteiger partial charge >= 0.3 is 5.97 Å². The second-order valence-corrected chi connectivity index (χ2v) is 5.13. The Hall–Kier alpha value is -1.22. The van der Waals surface area contributed by atoms with E-state index in [9.17, 15) is 9.59 Å². The number of methoxy groups -OCH3 is 3. The van der Waals surface area contributed by atoms with E-state index in [2.05, 4.69) is 0 Å². The third kappa shape index (κ3) is 4.16. The van der Waals surface area contributed by atoms with Gasteiger partial charge in [0.2, 0.25) is 5.91 Å². The van der Waals surface area contributed by atoms with Crippen molar-refractivity contribution in [3.63, 3.8) is 0 Å². The lowest BCUT2D eigenvalue weighted by atomic mass is 9.95. The summed E-state index contributed by atoms with van der Waals surface area (Å²) in [6, 6.07) is -0.551. The van der Waals surface area contributed by atoms with E-state index in [0.29, 0.717) is 0 Å². The number of carbonyl (C=O) groups excluding carboxylic acids is 2. The highest BCUT2D eigenvalue weighted by Gasteiger charge is 2.50. The van der Waals surface area contributed by atoms with Gasteiger partial charge in [-0.05, 0) is 0 Å². The Morgan fingerprint density at radius 2 is 1.73 bits per heavy atom. The van der Waals surface area contributed by atoms with E-state index in [0.717, 1.165) is 0 Å². The first-order chi connectivity index (χ1) is 10.4. The highest BCUT2D eigenvalue weighted by Crippen LogP contribution is 2.29. The molecule has 0 spiro atoms. The minimum atomic E-state index is -0.717. The van der Waals surface area contributed by atoms with Crippen LogP contribution < -0.4 is 0 Å². The molecular weight excluding hydrogens is 294 g/mol. The summed E-state index contributed by atoms with van der Waals surface area (Å²) in [6.45, 7) is 2.94. The molecule has 1 aliphatic rings. The van der Waals surface area contributed by atoms with Gasteiger partial charge in [0.25, 0.3) is 0 Å². The summed E-state index contributed by atoms with van der Waals surface area (Å²) in [5, 5.41) is 0. The van der Waals surface area contributed by atoms with Crippen molar-refractivity contribution in [1.82, 2.24) is 4.90 Å². The molecule has 0 aliphatic carbocycles. The Bertz CT molecular complexity index is 389. The Morgan fingerprint density at radius 3 is 2.14 bits per heavy atom. The third-order valence-corrected chi connectivity index (χ3v) is 3.70. The van der Waals surface area contributed by atoms with Crippen molar-refractivity contribution in [3.8, 4) is 0 Å². The van der Waals surface area contributed by atoms with E-state index in [-0.39, 0.29) is 12.5 Å². The van der Waals surface area contributed by atoms with Crippen LogP contribution in [-0.4, -0.2) is 82.4 Å². The van der Waals surface area contributed by atoms with Crippen LogP contribution in [0.15, 0.2) is 0 Å². The summed E-state index contributed by atoms with van der Waals surface area (Å²) in [7, 11) is 6.11. The first-order valence-electron chi connectivity index (χ1n) is 6.97. The molecule has 128 valence electrons. The van der Waals surface area contributed by atoms with Gasteiger partial charge in [0.15, 0.2) is 12.4 Å². The summed E-state index contributed by atoms with van der Waals surface area (Å²) in [5.74, 6) is -0.638. The monoisotopic (exact) mass is 319 g/mol. The number of likely N-dealkylation sites (N-methyl/N-ethyl adjacent to an activating group) is 1. The quantitative estimate of drug-likeness (QED) is 0.627. The lowest BCUT2D eigenvalue weighted by molar-refractivity contribution is -0.284. The smallest absolute Gasteiger partial charge is 0.303 e. The molecule has 1 fully saturated rings. The fourth-order valence-electron chi connectivity index (χ4n) is 2.61. The van der Waals surface area contributed by atoms with Crippen LogP contribution in [0.5, 0.6) is 0 Å². The van der Waals surface area contributed by atoms with Gasteiger partial charge in [0, 0.05) is 42.2 Å². The second kappa shape index (κ2) is 8.42. The highest BCUT2D eigenvalue weighted by molar-refractivity contribution is 5.73. The molecule has 0 saturated carbocycles. The van der Waals surface area contributed by atoms with Gasteiger partial charge in [-0.15, -0.1) is 0 Å². The van der Waals surface area contributed by atoms with E-state index in [4.69, 9.17) is 23.7 Å². The molecule has 0 radical (unpaired) electrons. The number of ether oxygens (including phenoxy) is 5. The average Bonchev–Trinajstić information content (AvgIpc) is 2.46. The molecule has 1 rings (SSSR count). The summed E-state index contributed by atoms with van der Waals surface area (Å²) in [6.07, 6.45) is -2.58. The number of hydrogen-bond acceptors (Lipinski definition) is 7. The number of esters is 1. The first-order valence-corrected chi connectivity index (χ1v) is 6.97. The molecule has 0 aromatic heterocycles. The lowest BCUT2D eigenvalue weighted by Gasteiger charge is -2.47. The van der Waals surface area contributed by atoms with Crippen LogP contribution in [0.2, 0.25) is 0 Å². The normalized spacial score (nSPS) is 31.6. The standard InChI is InChI=1S/C14H25NO7/c1-8(16)15(3)11-13(19-5)12(21-9(2)17)10(7-18-4)22-14(11)20-6/h10-14H,7H2,1-6H3/t10-,11-,12-,13-,14-/m1/s1. The van der Waals surface area contributed by atoms with Crippen molar-refractivity contribution in [1.29, 1.82) is 0 Å². The van der Waals surface area contributed by atoms with E-state index >= 15 is 0 Å². The Labute approximate surface area is 130 Å². The summed E-state index contributed by atoms with van der Waals surface area (Å²) < 4.78 is 27.1. The van der Waals surface area contributed by atoms with Crippen LogP contribution in [0.4, 0.5) is 0 Å². The number of nitrogens with zero attached hydrogens (tertiary/aromatic N) is 1. The molecule has 1 aliphatic heterocycles. The Morgan fingerprint density at radius 1 is 1.09 bits per heavy atom. The maximum absolute atomic E-state index is 11.7. The van der Waals surface area contributed by atoms with Crippen LogP contribution in [0.3, 0.4) is 0 Å². The zero-order chi connectivity index (χ0) is 16.9. The SMILES string of the molecule is COC[C@H]1O[C@@H](OC)[C@H](N(C)C(C)=O)[C@@H](OC)[C@@H]1OC(C)=O. The number of amides is 1. The minimum Gasteiger partial charge on any atom is -0.457 e. The van der Waals surface area contributed by atoms with Gasteiger partial charge < -0.3 is 28.6 Å². The molecule has 8 heteroatoms. The minimum absolute atomic E-state index is 0.176. The van der Waals surface area contributed by atoms with Crippen molar-refractivity contribution in [3.05, 3.63) is 0 Å². The second-order valence-electron chi connectivity index (χ2n) is 5.13. The number of hydrogen-bond donors (Lipinski definition) is 0. The Balaban J connectivity index is 3.14. The largest absolute Gasteiger partial charge is 0.457 e. The van der Waals surface area contributed by atoms with Crippen LogP contribution in [-0.2, 0) is 33.3 Å². The molecule has 0 aromatic carbocycles. The Kier molecular flexibility index (Phi) is 7.21. The highest BCUT2D eigenvalue weighted by atomic mass is 16.7. The summed E-state index contributed by atoms with van der Waals surface area (Å²) >= 11 is 0. The fraction of sp³-hybridized carbons (Fsp3) is 0.857. The summed E-state index contributed by atoms with van der Waals surface area (Å²) in [5.41, 5.74) is 0. The molecule has 8 nitrogen and oxygen atoms in total. The zero-order valence-corrected chi connectivity index (χ0v) is 13.9. The van der Waals surface area contributed by atoms with Crippen molar-refractivity contribution in [2.45, 2.75) is 44.5 Å². The topological polar surface area (TPSA) is 83.5 Å². The van der Waals surface area contributed by atoms with Crippen molar-refractivity contribution < 1.29 is 33.3 Å². The van der Waals surface area contributed by atoms with Crippen molar-refractivity contribution >= 4 is 11.9 Å². The molecule has 22 heavy (non-hydrogen) atoms. The van der Waals surface area contributed by atoms with Crippen molar-refractivity contribution in [2.24, 2.45) is 0 Å². The fourth-order valence-corrected chi connectivity index (χ4v) is 2.61. The number of rotatable bonds is 6. The van der Waals surface area contributed by atoms with Gasteiger partial charge in [0.05, 0.1) is 6.61 Å². The number of carbonyl (C=O) groups is 2. The molecule has 1 heterocycles. The molecule has 1 amide bonds. The molecule has 0 aromatic rings. The lowest BCUT2D eigenvalue weighted by Crippen LogP contribution is -2.66. The maximum Gasteiger partial charge on any atom is 0.303 e. The van der Waals surface area contributed by atoms with Gasteiger partial charge in [-0.25, -0.2) is 0 Å². The molecule has 0 unspecified atom stereocenters. The van der Waals surface area contributed by atoms with Crippen LogP contribution >= 0.6 is 0 Å². The van der Waals surface area contributed by atoms with Crippen molar-refractivity contribution in [2.75, 3.05) is 35.0 Å². The zero-order valence-electron chi connectivity index (χ0n) is 13.9. The van der Waals surface area contributed by atoms with Crippen LogP contribution in [0.25, 0.3) is 0 Å². The van der Waals surface area contributed by atoms with E-state index in [1.54, 1.807) is 7.05 Å². The van der Waals surface area contributed by atoms with Gasteiger partial charge in [0.1, 0.15) is 18.2 Å². The average molecular weight is 319 g/mol. The summed E-state index contributed by atoms with van der Waals surface area (Å²) in [4.78, 5) is 24.6. The van der Waals surface area contributed by atoms with Gasteiger partial charge in [-0.1, -0.05) is 0 Å². The molecule has 5 atom stereocenters. The van der Waals surface area contributed by atoms with E-state index in [1.807, 2.05) is 0 Å². The predicted octanol–water partition coefficient (Wildman–Crippen LogP) is -0.202. The third-order valence-electron chi connectivity index (χ3n) is 3.70. The first kappa shape index (κ1) is 18.8. The van der Waals surface area contributed by atoms with Crippen LogP contribution in [0.1, 0.15) is 13.8 Å². The molecule has 1 saturated heterocycles. The molecule has 0 bridgehead atoms. The van der Waals surface area contributed by atoms with Gasteiger partial charge in [-0.3, -0.25) is 9.59 Å². The maximum atomic E-state index is 11.7. The van der Waals surface area contributed by atoms with E-state index < -0.39 is 36.6 Å². The molecular formula is C14H25NO7. The van der Waals surface area contributed by atoms with Gasteiger partial charge in [-0.2, -0.15) is 0 Å².